The van der Waals surface area contributed by atoms with Crippen LogP contribution in [0.3, 0.4) is 0 Å². The average Bonchev–Trinajstić information content (AvgIpc) is 3.90. The van der Waals surface area contributed by atoms with Crippen molar-refractivity contribution in [3.05, 3.63) is 20.9 Å². The van der Waals surface area contributed by atoms with E-state index in [4.69, 9.17) is 20.5 Å². The van der Waals surface area contributed by atoms with Crippen LogP contribution in [0.15, 0.2) is 10.2 Å². The summed E-state index contributed by atoms with van der Waals surface area (Å²) < 4.78 is 13.1. The zero-order valence-corrected chi connectivity index (χ0v) is 45.1. The zero-order chi connectivity index (χ0) is 52.5. The van der Waals surface area contributed by atoms with Gasteiger partial charge in [0, 0.05) is 40.2 Å². The van der Waals surface area contributed by atoms with Crippen LogP contribution >= 0.6 is 0 Å². The molecule has 8 fully saturated rings. The number of hydrogen-bond acceptors (Lipinski definition) is 12. The van der Waals surface area contributed by atoms with Crippen molar-refractivity contribution in [3.8, 4) is 0 Å². The van der Waals surface area contributed by atoms with Gasteiger partial charge in [-0.1, -0.05) is 51.8 Å². The number of hydrogen-bond donors (Lipinski definition) is 6. The number of nitrogens with zero attached hydrogens (tertiary/aromatic N) is 6. The van der Waals surface area contributed by atoms with Crippen LogP contribution in [-0.2, 0) is 19.1 Å². The van der Waals surface area contributed by atoms with Gasteiger partial charge in [0.1, 0.15) is 23.8 Å². The van der Waals surface area contributed by atoms with E-state index >= 15 is 0 Å². The maximum atomic E-state index is 11.9. The first-order valence-electron chi connectivity index (χ1n) is 28.4. The largest absolute Gasteiger partial charge is 0.394 e. The molecular weight excluding hydrogens is 917 g/mol. The predicted molar refractivity (Wildman–Crippen MR) is 274 cm³/mol. The fourth-order valence-corrected chi connectivity index (χ4v) is 18.8. The Morgan fingerprint density at radius 1 is 0.625 bits per heavy atom. The van der Waals surface area contributed by atoms with Gasteiger partial charge in [-0.05, 0) is 215 Å². The molecule has 0 bridgehead atoms. The molecule has 8 aliphatic carbocycles. The van der Waals surface area contributed by atoms with Gasteiger partial charge in [-0.15, -0.1) is 0 Å². The molecule has 0 aromatic rings. The third kappa shape index (κ3) is 10.9. The van der Waals surface area contributed by atoms with Crippen LogP contribution in [0, 0.1) is 92.7 Å². The molecular formula is C56H94N6O10. The molecule has 16 nitrogen and oxygen atoms in total. The minimum absolute atomic E-state index is 0.0124. The summed E-state index contributed by atoms with van der Waals surface area (Å²) in [5, 5.41) is 70.6. The van der Waals surface area contributed by atoms with Crippen molar-refractivity contribution in [2.75, 3.05) is 26.4 Å². The number of fused-ring (bicyclic) bond motifs is 10. The van der Waals surface area contributed by atoms with E-state index in [1.54, 1.807) is 13.8 Å². The Kier molecular flexibility index (Phi) is 18.7. The normalized spacial score (nSPS) is 45.5. The number of ketones is 2. The van der Waals surface area contributed by atoms with E-state index in [0.29, 0.717) is 66.1 Å². The van der Waals surface area contributed by atoms with Crippen molar-refractivity contribution in [1.82, 2.24) is 0 Å². The first kappa shape index (κ1) is 57.3. The Bertz CT molecular complexity index is 1970. The number of aliphatic hydroxyl groups excluding tert-OH is 6. The number of rotatable bonds is 18. The van der Waals surface area contributed by atoms with Gasteiger partial charge in [-0.25, -0.2) is 0 Å². The molecule has 24 atom stereocenters. The first-order chi connectivity index (χ1) is 34.1. The van der Waals surface area contributed by atoms with E-state index < -0.39 is 12.2 Å². The minimum Gasteiger partial charge on any atom is -0.394 e. The molecule has 0 aliphatic heterocycles. The number of Topliss-reactive ketones (excluding diaryl/α,β-unsaturated/α-hetero) is 2. The maximum Gasteiger partial charge on any atom is 0.129 e. The smallest absolute Gasteiger partial charge is 0.129 e. The van der Waals surface area contributed by atoms with Crippen LogP contribution in [0.4, 0.5) is 0 Å². The molecule has 8 aliphatic rings. The monoisotopic (exact) mass is 1010 g/mol. The molecule has 0 radical (unpaired) electrons. The Morgan fingerprint density at radius 2 is 1.10 bits per heavy atom. The summed E-state index contributed by atoms with van der Waals surface area (Å²) in [5.74, 6) is 4.34. The number of azide groups is 2. The van der Waals surface area contributed by atoms with E-state index in [1.165, 1.54) is 0 Å². The van der Waals surface area contributed by atoms with Gasteiger partial charge in [0.25, 0.3) is 0 Å². The van der Waals surface area contributed by atoms with Crippen molar-refractivity contribution < 1.29 is 49.7 Å². The summed E-state index contributed by atoms with van der Waals surface area (Å²) in [6.45, 7) is 16.7. The number of ether oxygens (including phenoxy) is 2. The molecule has 0 saturated heterocycles. The van der Waals surface area contributed by atoms with Gasteiger partial charge < -0.3 is 49.7 Å². The molecule has 8 rings (SSSR count). The Hall–Kier alpha value is -2.36. The fraction of sp³-hybridized carbons (Fsp3) is 0.964. The van der Waals surface area contributed by atoms with Crippen LogP contribution in [0.25, 0.3) is 20.9 Å². The molecule has 8 saturated carbocycles. The van der Waals surface area contributed by atoms with Gasteiger partial charge in [0.05, 0.1) is 50.8 Å². The summed E-state index contributed by atoms with van der Waals surface area (Å²) in [4.78, 5) is 29.5. The van der Waals surface area contributed by atoms with E-state index in [-0.39, 0.29) is 114 Å². The molecule has 408 valence electrons. The molecule has 0 aromatic carbocycles. The summed E-state index contributed by atoms with van der Waals surface area (Å²) in [6, 6.07) is 0.0143. The lowest BCUT2D eigenvalue weighted by molar-refractivity contribution is -0.229. The van der Waals surface area contributed by atoms with Crippen LogP contribution in [0.2, 0.25) is 0 Å². The lowest BCUT2D eigenvalue weighted by atomic mass is 9.43. The van der Waals surface area contributed by atoms with Crippen molar-refractivity contribution in [1.29, 1.82) is 0 Å². The van der Waals surface area contributed by atoms with Crippen LogP contribution in [-0.4, -0.2) is 117 Å². The lowest BCUT2D eigenvalue weighted by Gasteiger charge is -2.64. The number of carbonyl (C=O) groups excluding carboxylic acids is 2. The number of carbonyl (C=O) groups is 2. The summed E-state index contributed by atoms with van der Waals surface area (Å²) >= 11 is 0. The van der Waals surface area contributed by atoms with E-state index in [9.17, 15) is 40.2 Å². The highest BCUT2D eigenvalue weighted by molar-refractivity contribution is 5.75. The summed E-state index contributed by atoms with van der Waals surface area (Å²) in [7, 11) is 0. The number of aliphatic hydroxyl groups is 6. The zero-order valence-electron chi connectivity index (χ0n) is 45.1. The second-order valence-electron chi connectivity index (χ2n) is 26.2. The highest BCUT2D eigenvalue weighted by atomic mass is 16.5. The summed E-state index contributed by atoms with van der Waals surface area (Å²) in [5.41, 5.74) is 17.7. The molecule has 4 unspecified atom stereocenters. The Morgan fingerprint density at radius 3 is 1.60 bits per heavy atom. The standard InChI is InChI=1S/C31H53N3O7.C25H41N3O3/c1-18(5-6-19(2)37)24-7-8-25-29-26(13-28(31(24,25)4)41-17-23(39)15-36)30(3)10-9-21(33-34-32)11-20(30)12-27(29)40-16-22(38)14-35;1-14(5-6-15(2)29)18-7-8-19-23-20(13-22(31)25(18,19)4)24(3)10-9-17(27-28-26)11-16(24)12-21(23)30/h18,20-29,35-36,38-39H,5-17H2,1-4H3;14,16-23,30-31H,5-13H2,1-4H3/t18?,20-,21+,22?,23?,24+,25-,26-,27+,28-,29-,30-,31+;14?,16-,17+,18+,19-,20-,21+,22-,23-,24-,25+/m00/s1. The first-order valence-corrected chi connectivity index (χ1v) is 28.4. The van der Waals surface area contributed by atoms with Gasteiger partial charge in [-0.2, -0.15) is 0 Å². The second kappa shape index (κ2) is 23.5. The Balaban J connectivity index is 0.000000219. The third-order valence-electron chi connectivity index (χ3n) is 22.7. The molecule has 0 heterocycles. The average molecular weight is 1010 g/mol. The fourth-order valence-electron chi connectivity index (χ4n) is 18.8. The van der Waals surface area contributed by atoms with Crippen molar-refractivity contribution in [2.45, 2.75) is 220 Å². The Labute approximate surface area is 429 Å². The van der Waals surface area contributed by atoms with Gasteiger partial charge in [0.2, 0.25) is 0 Å². The highest BCUT2D eigenvalue weighted by Crippen LogP contribution is 2.71. The molecule has 0 spiro atoms. The van der Waals surface area contributed by atoms with Crippen LogP contribution in [0.5, 0.6) is 0 Å². The maximum absolute atomic E-state index is 11.9. The molecule has 0 aromatic heterocycles. The lowest BCUT2D eigenvalue weighted by Crippen LogP contribution is -2.63. The minimum atomic E-state index is -0.935. The van der Waals surface area contributed by atoms with Crippen LogP contribution < -0.4 is 0 Å². The molecule has 16 heteroatoms. The molecule has 0 amide bonds. The highest BCUT2D eigenvalue weighted by Gasteiger charge is 2.68. The van der Waals surface area contributed by atoms with Crippen molar-refractivity contribution in [2.24, 2.45) is 103 Å². The van der Waals surface area contributed by atoms with E-state index in [2.05, 4.69) is 61.6 Å². The second-order valence-corrected chi connectivity index (χ2v) is 26.2. The van der Waals surface area contributed by atoms with E-state index in [0.717, 1.165) is 103 Å². The van der Waals surface area contributed by atoms with Gasteiger partial charge in [0.15, 0.2) is 0 Å². The molecule has 72 heavy (non-hydrogen) atoms. The topological polar surface area (TPSA) is 271 Å². The van der Waals surface area contributed by atoms with E-state index in [1.807, 2.05) is 0 Å². The van der Waals surface area contributed by atoms with Gasteiger partial charge in [-0.3, -0.25) is 0 Å². The quantitative estimate of drug-likeness (QED) is 0.0430. The third-order valence-corrected chi connectivity index (χ3v) is 22.7. The van der Waals surface area contributed by atoms with Crippen molar-refractivity contribution in [3.63, 3.8) is 0 Å². The van der Waals surface area contributed by atoms with Crippen LogP contribution in [0.1, 0.15) is 171 Å². The predicted octanol–water partition coefficient (Wildman–Crippen LogP) is 9.30. The molecule has 6 N–H and O–H groups in total. The SMILES string of the molecule is CC(=O)CCC(C)[C@H]1CC[C@H]2[C@@H]3[C@H](O)C[C@@H]4C[C@H](N=[N+]=[N-])CC[C@]4(C)[C@H]3C[C@H](O)[C@]12C.CC(=O)CCC(C)[C@H]1CC[C@H]2[C@@H]3[C@H](OCC(O)CO)C[C@@H]4C[C@H](N=[N+]=[N-])CC[C@]4(C)[C@H]3C[C@H](OCC(O)CO)[C@]12C. The van der Waals surface area contributed by atoms with Crippen molar-refractivity contribution >= 4 is 11.6 Å². The summed E-state index contributed by atoms with van der Waals surface area (Å²) in [6.07, 6.45) is 13.0. The van der Waals surface area contributed by atoms with Gasteiger partial charge >= 0.3 is 0 Å².